The van der Waals surface area contributed by atoms with Crippen LogP contribution in [0.25, 0.3) is 0 Å². The Morgan fingerprint density at radius 2 is 1.79 bits per heavy atom. The van der Waals surface area contributed by atoms with Crippen molar-refractivity contribution >= 4 is 51.5 Å². The normalized spacial score (nSPS) is 12.4. The van der Waals surface area contributed by atoms with E-state index in [-0.39, 0.29) is 27.0 Å². The first-order valence-electron chi connectivity index (χ1n) is 8.82. The van der Waals surface area contributed by atoms with Crippen LogP contribution in [0.15, 0.2) is 53.6 Å². The Balaban J connectivity index is 1.95. The molecule has 0 radical (unpaired) electrons. The number of nitrogens with one attached hydrogen (secondary N) is 1. The molecule has 1 N–H and O–H groups in total. The minimum absolute atomic E-state index is 0.0220. The second-order valence-electron chi connectivity index (χ2n) is 6.52. The van der Waals surface area contributed by atoms with Crippen LogP contribution in [-0.2, 0) is 17.2 Å². The molecule has 0 aliphatic carbocycles. The van der Waals surface area contributed by atoms with Crippen LogP contribution >= 0.6 is 23.2 Å². The monoisotopic (exact) mass is 523 g/mol. The number of hydrogen-bond acceptors (Lipinski definition) is 3. The number of hydrogen-bond donors (Lipinski definition) is 1. The summed E-state index contributed by atoms with van der Waals surface area (Å²) in [6.45, 7) is 0. The number of anilines is 2. The zero-order valence-corrected chi connectivity index (χ0v) is 18.7. The van der Waals surface area contributed by atoms with E-state index in [9.17, 15) is 31.0 Å². The van der Waals surface area contributed by atoms with Gasteiger partial charge in [0.2, 0.25) is 0 Å². The topological polar surface area (TPSA) is 62.3 Å². The van der Waals surface area contributed by atoms with Gasteiger partial charge >= 0.3 is 6.18 Å². The van der Waals surface area contributed by atoms with E-state index in [0.717, 1.165) is 35.4 Å². The van der Waals surface area contributed by atoms with Crippen LogP contribution in [0.2, 0.25) is 10.0 Å². The van der Waals surface area contributed by atoms with Gasteiger partial charge in [0.25, 0.3) is 5.91 Å². The number of pyridine rings is 1. The van der Waals surface area contributed by atoms with Crippen molar-refractivity contribution in [3.8, 4) is 0 Å². The summed E-state index contributed by atoms with van der Waals surface area (Å²) >= 11 is 11.5. The molecular formula is C20H12Cl2F5N3O2S. The Morgan fingerprint density at radius 3 is 2.42 bits per heavy atom. The Kier molecular flexibility index (Phi) is 7.25. The highest BCUT2D eigenvalue weighted by Crippen LogP contribution is 2.36. The third-order valence-corrected chi connectivity index (χ3v) is 5.92. The van der Waals surface area contributed by atoms with Crippen LogP contribution in [0, 0.1) is 11.6 Å². The van der Waals surface area contributed by atoms with Gasteiger partial charge in [-0.15, -0.1) is 0 Å². The van der Waals surface area contributed by atoms with Crippen LogP contribution in [0.1, 0.15) is 16.1 Å². The van der Waals surface area contributed by atoms with E-state index < -0.39 is 45.3 Å². The summed E-state index contributed by atoms with van der Waals surface area (Å²) in [5.41, 5.74) is -2.01. The first-order chi connectivity index (χ1) is 15.4. The van der Waals surface area contributed by atoms with Crippen molar-refractivity contribution in [2.45, 2.75) is 11.1 Å². The van der Waals surface area contributed by atoms with E-state index in [2.05, 4.69) is 9.71 Å². The van der Waals surface area contributed by atoms with Gasteiger partial charge in [0.15, 0.2) is 5.69 Å². The highest BCUT2D eigenvalue weighted by Gasteiger charge is 2.34. The van der Waals surface area contributed by atoms with Crippen molar-refractivity contribution in [2.24, 2.45) is 0 Å². The molecule has 0 aliphatic heterocycles. The van der Waals surface area contributed by atoms with E-state index in [1.165, 1.54) is 13.1 Å². The van der Waals surface area contributed by atoms with Gasteiger partial charge in [-0.1, -0.05) is 23.2 Å². The van der Waals surface area contributed by atoms with Gasteiger partial charge in [0, 0.05) is 19.3 Å². The number of rotatable bonds is 5. The summed E-state index contributed by atoms with van der Waals surface area (Å²) in [5, 5.41) is -0.555. The van der Waals surface area contributed by atoms with E-state index in [4.69, 9.17) is 23.2 Å². The zero-order chi connectivity index (χ0) is 24.5. The molecular weight excluding hydrogens is 512 g/mol. The fourth-order valence-corrected chi connectivity index (χ4v) is 3.98. The molecule has 1 unspecified atom stereocenters. The van der Waals surface area contributed by atoms with E-state index in [1.54, 1.807) is 0 Å². The molecule has 1 amide bonds. The third kappa shape index (κ3) is 5.60. The molecule has 2 aromatic carbocycles. The lowest BCUT2D eigenvalue weighted by Gasteiger charge is -2.19. The molecule has 3 aromatic rings. The van der Waals surface area contributed by atoms with Gasteiger partial charge in [-0.3, -0.25) is 9.52 Å². The van der Waals surface area contributed by atoms with Gasteiger partial charge in [-0.05, 0) is 36.4 Å². The maximum atomic E-state index is 14.1. The maximum Gasteiger partial charge on any atom is 0.417 e. The Labute approximate surface area is 196 Å². The molecule has 0 saturated heterocycles. The molecule has 0 spiro atoms. The second-order valence-corrected chi connectivity index (χ2v) is 8.58. The average Bonchev–Trinajstić information content (AvgIpc) is 2.72. The Hall–Kier alpha value is -2.76. The zero-order valence-electron chi connectivity index (χ0n) is 16.4. The first-order valence-corrected chi connectivity index (χ1v) is 10.7. The average molecular weight is 524 g/mol. The third-order valence-electron chi connectivity index (χ3n) is 4.29. The number of alkyl halides is 3. The van der Waals surface area contributed by atoms with E-state index in [1.807, 2.05) is 0 Å². The molecule has 5 nitrogen and oxygen atoms in total. The van der Waals surface area contributed by atoms with Crippen LogP contribution in [0.4, 0.5) is 33.3 Å². The number of nitrogens with zero attached hydrogens (tertiary/aromatic N) is 2. The SMILES string of the molecule is CN(C(=O)c1ncc(Cl)cc1NS(=O)c1ccc(Cl)c(C(F)(F)F)c1)c1ccc(F)cc1F. The van der Waals surface area contributed by atoms with Gasteiger partial charge in [0.1, 0.15) is 22.6 Å². The number of aromatic nitrogens is 1. The molecule has 1 atom stereocenters. The molecule has 0 saturated carbocycles. The second kappa shape index (κ2) is 9.62. The molecule has 13 heteroatoms. The lowest BCUT2D eigenvalue weighted by atomic mass is 10.2. The van der Waals surface area contributed by atoms with Crippen molar-refractivity contribution in [3.05, 3.63) is 81.6 Å². The smallest absolute Gasteiger partial charge is 0.307 e. The Morgan fingerprint density at radius 1 is 1.09 bits per heavy atom. The number of carbonyl (C=O) groups excluding carboxylic acids is 1. The fraction of sp³-hybridized carbons (Fsp3) is 0.100. The summed E-state index contributed by atoms with van der Waals surface area (Å²) < 4.78 is 81.7. The van der Waals surface area contributed by atoms with Crippen molar-refractivity contribution in [1.82, 2.24) is 4.98 Å². The molecule has 0 bridgehead atoms. The maximum absolute atomic E-state index is 14.1. The van der Waals surface area contributed by atoms with Gasteiger partial charge in [0.05, 0.1) is 31.9 Å². The summed E-state index contributed by atoms with van der Waals surface area (Å²) in [7, 11) is -1.09. The summed E-state index contributed by atoms with van der Waals surface area (Å²) in [5.74, 6) is -2.75. The lowest BCUT2D eigenvalue weighted by Crippen LogP contribution is -2.29. The number of carbonyl (C=O) groups is 1. The predicted octanol–water partition coefficient (Wildman–Crippen LogP) is 6.10. The van der Waals surface area contributed by atoms with Gasteiger partial charge in [-0.2, -0.15) is 13.2 Å². The molecule has 1 aromatic heterocycles. The van der Waals surface area contributed by atoms with E-state index in [0.29, 0.717) is 12.1 Å². The standard InChI is InChI=1S/C20H12Cl2F5N3O2S/c1-30(17-5-2-11(23)7-15(17)24)19(31)18-16(6-10(21)9-28-18)29-33(32)12-3-4-14(22)13(8-12)20(25,26)27/h2-9,29H,1H3. The molecule has 174 valence electrons. The predicted molar refractivity (Wildman–Crippen MR) is 115 cm³/mol. The van der Waals surface area contributed by atoms with Crippen molar-refractivity contribution < 1.29 is 31.0 Å². The number of amides is 1. The van der Waals surface area contributed by atoms with Crippen LogP contribution in [0.5, 0.6) is 0 Å². The van der Waals surface area contributed by atoms with Crippen LogP contribution in [-0.4, -0.2) is 22.1 Å². The van der Waals surface area contributed by atoms with Crippen molar-refractivity contribution in [1.29, 1.82) is 0 Å². The summed E-state index contributed by atoms with van der Waals surface area (Å²) in [4.78, 5) is 17.3. The van der Waals surface area contributed by atoms with Gasteiger partial charge in [-0.25, -0.2) is 18.0 Å². The van der Waals surface area contributed by atoms with Crippen LogP contribution in [0.3, 0.4) is 0 Å². The lowest BCUT2D eigenvalue weighted by molar-refractivity contribution is -0.137. The molecule has 1 heterocycles. The summed E-state index contributed by atoms with van der Waals surface area (Å²) in [6, 6.07) is 6.40. The summed E-state index contributed by atoms with van der Waals surface area (Å²) in [6.07, 6.45) is -3.68. The number of benzene rings is 2. The largest absolute Gasteiger partial charge is 0.417 e. The molecule has 0 fully saturated rings. The van der Waals surface area contributed by atoms with Gasteiger partial charge < -0.3 is 4.90 Å². The Bertz CT molecular complexity index is 1260. The molecule has 33 heavy (non-hydrogen) atoms. The molecule has 0 aliphatic rings. The minimum atomic E-state index is -4.78. The fourth-order valence-electron chi connectivity index (χ4n) is 2.70. The van der Waals surface area contributed by atoms with Crippen molar-refractivity contribution in [2.75, 3.05) is 16.7 Å². The molecule has 3 rings (SSSR count). The first kappa shape index (κ1) is 24.9. The highest BCUT2D eigenvalue weighted by molar-refractivity contribution is 7.86. The minimum Gasteiger partial charge on any atom is -0.307 e. The van der Waals surface area contributed by atoms with Crippen LogP contribution < -0.4 is 9.62 Å². The highest BCUT2D eigenvalue weighted by atomic mass is 35.5. The quantitative estimate of drug-likeness (QED) is 0.411. The van der Waals surface area contributed by atoms with E-state index >= 15 is 0 Å². The van der Waals surface area contributed by atoms with Crippen molar-refractivity contribution in [3.63, 3.8) is 0 Å². The number of halogens is 7.